The first-order valence-electron chi connectivity index (χ1n) is 8.02. The molecule has 4 rings (SSSR count). The highest BCUT2D eigenvalue weighted by Crippen LogP contribution is 2.23. The molecule has 7 heteroatoms. The summed E-state index contributed by atoms with van der Waals surface area (Å²) in [6, 6.07) is 15.2. The lowest BCUT2D eigenvalue weighted by Crippen LogP contribution is -2.10. The second-order valence-electron chi connectivity index (χ2n) is 5.71. The number of aromatic nitrogens is 1. The maximum absolute atomic E-state index is 13.8. The first-order chi connectivity index (χ1) is 13.1. The van der Waals surface area contributed by atoms with Crippen LogP contribution in [0, 0.1) is 5.82 Å². The van der Waals surface area contributed by atoms with Crippen molar-refractivity contribution in [3.63, 3.8) is 0 Å². The molecule has 0 amide bonds. The van der Waals surface area contributed by atoms with Gasteiger partial charge in [-0.25, -0.2) is 9.18 Å². The topological polar surface area (TPSA) is 82.5 Å². The Balaban J connectivity index is 1.50. The molecule has 2 heterocycles. The third-order valence-corrected chi connectivity index (χ3v) is 3.89. The second kappa shape index (κ2) is 6.87. The molecule has 0 aliphatic heterocycles. The second-order valence-corrected chi connectivity index (χ2v) is 5.71. The molecular formula is C20H12FNO5. The maximum Gasteiger partial charge on any atom is 0.374 e. The number of carbonyl (C=O) groups excluding carboxylic acids is 1. The molecule has 6 nitrogen and oxygen atoms in total. The summed E-state index contributed by atoms with van der Waals surface area (Å²) in [4.78, 5) is 24.2. The SMILES string of the molecule is O=C(OCc1cc(-c2ccccc2F)on1)c1cc(=O)c2ccccc2o1. The quantitative estimate of drug-likeness (QED) is 0.510. The Kier molecular flexibility index (Phi) is 4.25. The van der Waals surface area contributed by atoms with Gasteiger partial charge in [-0.3, -0.25) is 4.79 Å². The molecule has 2 aromatic heterocycles. The van der Waals surface area contributed by atoms with E-state index in [1.165, 1.54) is 12.1 Å². The van der Waals surface area contributed by atoms with Crippen molar-refractivity contribution in [1.29, 1.82) is 0 Å². The van der Waals surface area contributed by atoms with Gasteiger partial charge in [0.15, 0.2) is 11.2 Å². The number of ether oxygens (including phenoxy) is 1. The summed E-state index contributed by atoms with van der Waals surface area (Å²) in [5.74, 6) is -1.25. The van der Waals surface area contributed by atoms with Crippen LogP contribution in [0.25, 0.3) is 22.3 Å². The number of para-hydroxylation sites is 1. The predicted molar refractivity (Wildman–Crippen MR) is 93.5 cm³/mol. The van der Waals surface area contributed by atoms with Crippen LogP contribution < -0.4 is 5.43 Å². The highest BCUT2D eigenvalue weighted by atomic mass is 19.1. The van der Waals surface area contributed by atoms with Gasteiger partial charge in [0.05, 0.1) is 10.9 Å². The summed E-state index contributed by atoms with van der Waals surface area (Å²) in [5, 5.41) is 4.13. The lowest BCUT2D eigenvalue weighted by molar-refractivity contribution is 0.0428. The van der Waals surface area contributed by atoms with Crippen molar-refractivity contribution >= 4 is 16.9 Å². The summed E-state index contributed by atoms with van der Waals surface area (Å²) in [7, 11) is 0. The summed E-state index contributed by atoms with van der Waals surface area (Å²) in [6.07, 6.45) is 0. The molecule has 0 saturated carbocycles. The van der Waals surface area contributed by atoms with Gasteiger partial charge < -0.3 is 13.7 Å². The van der Waals surface area contributed by atoms with Crippen molar-refractivity contribution in [2.75, 3.05) is 0 Å². The Bertz CT molecular complexity index is 1190. The monoisotopic (exact) mass is 365 g/mol. The molecule has 0 aliphatic rings. The number of hydrogen-bond donors (Lipinski definition) is 0. The number of halogens is 1. The fraction of sp³-hybridized carbons (Fsp3) is 0.0500. The van der Waals surface area contributed by atoms with Crippen molar-refractivity contribution < 1.29 is 22.9 Å². The minimum atomic E-state index is -0.812. The summed E-state index contributed by atoms with van der Waals surface area (Å²) < 4.78 is 29.4. The molecule has 0 radical (unpaired) electrons. The standard InChI is InChI=1S/C20H12FNO5/c21-15-7-3-1-5-13(15)18-9-12(22-27-18)11-25-20(24)19-10-16(23)14-6-2-4-8-17(14)26-19/h1-10H,11H2. The number of rotatable bonds is 4. The Morgan fingerprint density at radius 2 is 1.85 bits per heavy atom. The van der Waals surface area contributed by atoms with E-state index in [-0.39, 0.29) is 29.1 Å². The van der Waals surface area contributed by atoms with Gasteiger partial charge in [-0.2, -0.15) is 0 Å². The molecular weight excluding hydrogens is 353 g/mol. The average Bonchev–Trinajstić information content (AvgIpc) is 3.15. The van der Waals surface area contributed by atoms with Crippen LogP contribution in [0.4, 0.5) is 4.39 Å². The Morgan fingerprint density at radius 1 is 1.07 bits per heavy atom. The minimum Gasteiger partial charge on any atom is -0.453 e. The fourth-order valence-corrected chi connectivity index (χ4v) is 2.58. The molecule has 0 N–H and O–H groups in total. The smallest absolute Gasteiger partial charge is 0.374 e. The number of nitrogens with zero attached hydrogens (tertiary/aromatic N) is 1. The van der Waals surface area contributed by atoms with Crippen LogP contribution >= 0.6 is 0 Å². The van der Waals surface area contributed by atoms with Gasteiger partial charge >= 0.3 is 5.97 Å². The third kappa shape index (κ3) is 3.35. The zero-order valence-corrected chi connectivity index (χ0v) is 13.8. The van der Waals surface area contributed by atoms with Crippen molar-refractivity contribution in [3.8, 4) is 11.3 Å². The average molecular weight is 365 g/mol. The molecule has 0 saturated heterocycles. The third-order valence-electron chi connectivity index (χ3n) is 3.89. The summed E-state index contributed by atoms with van der Waals surface area (Å²) in [5.41, 5.74) is 0.500. The molecule has 2 aromatic carbocycles. The fourth-order valence-electron chi connectivity index (χ4n) is 2.58. The molecule has 4 aromatic rings. The van der Waals surface area contributed by atoms with E-state index in [1.54, 1.807) is 42.5 Å². The van der Waals surface area contributed by atoms with E-state index < -0.39 is 11.8 Å². The van der Waals surface area contributed by atoms with Crippen molar-refractivity contribution in [2.24, 2.45) is 0 Å². The van der Waals surface area contributed by atoms with E-state index in [1.807, 2.05) is 0 Å². The van der Waals surface area contributed by atoms with Crippen LogP contribution in [-0.2, 0) is 11.3 Å². The van der Waals surface area contributed by atoms with Crippen LogP contribution in [-0.4, -0.2) is 11.1 Å². The van der Waals surface area contributed by atoms with Gasteiger partial charge in [0.25, 0.3) is 0 Å². The van der Waals surface area contributed by atoms with Crippen LogP contribution in [0.3, 0.4) is 0 Å². The lowest BCUT2D eigenvalue weighted by Gasteiger charge is -2.03. The van der Waals surface area contributed by atoms with Gasteiger partial charge in [0.2, 0.25) is 5.76 Å². The number of esters is 1. The van der Waals surface area contributed by atoms with Gasteiger partial charge in [-0.1, -0.05) is 29.4 Å². The van der Waals surface area contributed by atoms with Crippen molar-refractivity contribution in [3.05, 3.63) is 88.2 Å². The van der Waals surface area contributed by atoms with Crippen LogP contribution in [0.1, 0.15) is 16.2 Å². The zero-order chi connectivity index (χ0) is 18.8. The number of carbonyl (C=O) groups is 1. The zero-order valence-electron chi connectivity index (χ0n) is 13.8. The van der Waals surface area contributed by atoms with E-state index in [0.717, 1.165) is 6.07 Å². The Hall–Kier alpha value is -3.74. The van der Waals surface area contributed by atoms with E-state index in [9.17, 15) is 14.0 Å². The van der Waals surface area contributed by atoms with Crippen LogP contribution in [0.15, 0.2) is 74.4 Å². The lowest BCUT2D eigenvalue weighted by atomic mass is 10.1. The minimum absolute atomic E-state index is 0.212. The molecule has 0 spiro atoms. The van der Waals surface area contributed by atoms with Gasteiger partial charge in [0, 0.05) is 12.1 Å². The number of hydrogen-bond acceptors (Lipinski definition) is 6. The van der Waals surface area contributed by atoms with E-state index in [4.69, 9.17) is 13.7 Å². The molecule has 0 unspecified atom stereocenters. The van der Waals surface area contributed by atoms with Crippen LogP contribution in [0.5, 0.6) is 0 Å². The van der Waals surface area contributed by atoms with E-state index in [2.05, 4.69) is 5.16 Å². The van der Waals surface area contributed by atoms with Crippen LogP contribution in [0.2, 0.25) is 0 Å². The number of fused-ring (bicyclic) bond motifs is 1. The summed E-state index contributed by atoms with van der Waals surface area (Å²) in [6.45, 7) is -0.215. The van der Waals surface area contributed by atoms with E-state index >= 15 is 0 Å². The van der Waals surface area contributed by atoms with Crippen molar-refractivity contribution in [2.45, 2.75) is 6.61 Å². The highest BCUT2D eigenvalue weighted by molar-refractivity contribution is 5.88. The maximum atomic E-state index is 13.8. The summed E-state index contributed by atoms with van der Waals surface area (Å²) >= 11 is 0. The van der Waals surface area contributed by atoms with Gasteiger partial charge in [-0.05, 0) is 24.3 Å². The molecule has 27 heavy (non-hydrogen) atoms. The molecule has 0 atom stereocenters. The first-order valence-corrected chi connectivity index (χ1v) is 8.02. The van der Waals surface area contributed by atoms with Gasteiger partial charge in [-0.15, -0.1) is 0 Å². The molecule has 0 bridgehead atoms. The molecule has 0 fully saturated rings. The molecule has 0 aliphatic carbocycles. The van der Waals surface area contributed by atoms with Crippen molar-refractivity contribution in [1.82, 2.24) is 5.16 Å². The largest absolute Gasteiger partial charge is 0.453 e. The van der Waals surface area contributed by atoms with Gasteiger partial charge in [0.1, 0.15) is 23.7 Å². The first kappa shape index (κ1) is 16.7. The normalized spacial score (nSPS) is 10.9. The van der Waals surface area contributed by atoms with E-state index in [0.29, 0.717) is 16.7 Å². The highest BCUT2D eigenvalue weighted by Gasteiger charge is 2.16. The Labute approximate surface area is 151 Å². The number of benzene rings is 2. The Morgan fingerprint density at radius 3 is 2.70 bits per heavy atom. The molecule has 134 valence electrons. The predicted octanol–water partition coefficient (Wildman–Crippen LogP) is 3.94.